The average Bonchev–Trinajstić information content (AvgIpc) is 2.74. The maximum absolute atomic E-state index is 10.7. The minimum atomic E-state index is -0.970. The second-order valence-electron chi connectivity index (χ2n) is 4.01. The molecule has 0 saturated heterocycles. The Hall–Kier alpha value is -1.81. The number of hydrogen-bond acceptors (Lipinski definition) is 2. The SMILES string of the molecule is CC.Cc1ccc2[nH]cc(CC(N)C(=O)O)c2c1. The molecule has 0 saturated carbocycles. The van der Waals surface area contributed by atoms with Gasteiger partial charge in [0.15, 0.2) is 0 Å². The van der Waals surface area contributed by atoms with E-state index in [4.69, 9.17) is 10.8 Å². The first kappa shape index (κ1) is 14.3. The molecule has 0 aliphatic rings. The van der Waals surface area contributed by atoms with E-state index < -0.39 is 12.0 Å². The third-order valence-electron chi connectivity index (χ3n) is 2.68. The number of carboxylic acid groups (broad SMARTS) is 1. The number of carboxylic acids is 1. The van der Waals surface area contributed by atoms with Crippen molar-refractivity contribution in [2.45, 2.75) is 33.2 Å². The molecule has 18 heavy (non-hydrogen) atoms. The number of rotatable bonds is 3. The van der Waals surface area contributed by atoms with E-state index in [1.165, 1.54) is 0 Å². The van der Waals surface area contributed by atoms with Gasteiger partial charge in [0, 0.05) is 23.5 Å². The summed E-state index contributed by atoms with van der Waals surface area (Å²) in [4.78, 5) is 13.8. The van der Waals surface area contributed by atoms with Crippen LogP contribution >= 0.6 is 0 Å². The van der Waals surface area contributed by atoms with Gasteiger partial charge >= 0.3 is 5.97 Å². The number of nitrogens with one attached hydrogen (secondary N) is 1. The van der Waals surface area contributed by atoms with Gasteiger partial charge < -0.3 is 15.8 Å². The van der Waals surface area contributed by atoms with Crippen molar-refractivity contribution < 1.29 is 9.90 Å². The predicted octanol–water partition coefficient (Wildman–Crippen LogP) is 2.46. The number of H-pyrrole nitrogens is 1. The molecule has 2 rings (SSSR count). The lowest BCUT2D eigenvalue weighted by atomic mass is 10.0. The quantitative estimate of drug-likeness (QED) is 0.780. The van der Waals surface area contributed by atoms with Gasteiger partial charge in [-0.1, -0.05) is 25.5 Å². The van der Waals surface area contributed by atoms with Crippen LogP contribution in [0, 0.1) is 6.92 Å². The van der Waals surface area contributed by atoms with Gasteiger partial charge in [0.05, 0.1) is 0 Å². The lowest BCUT2D eigenvalue weighted by Gasteiger charge is -2.05. The number of aliphatic carboxylic acids is 1. The number of fused-ring (bicyclic) bond motifs is 1. The third kappa shape index (κ3) is 3.11. The zero-order valence-electron chi connectivity index (χ0n) is 11.0. The highest BCUT2D eigenvalue weighted by molar-refractivity contribution is 5.85. The normalized spacial score (nSPS) is 11.8. The van der Waals surface area contributed by atoms with E-state index in [9.17, 15) is 4.79 Å². The van der Waals surface area contributed by atoms with Gasteiger partial charge in [0.2, 0.25) is 0 Å². The minimum Gasteiger partial charge on any atom is -0.480 e. The van der Waals surface area contributed by atoms with E-state index in [0.717, 1.165) is 22.0 Å². The molecule has 1 aromatic heterocycles. The zero-order valence-corrected chi connectivity index (χ0v) is 11.0. The van der Waals surface area contributed by atoms with Gasteiger partial charge in [0.1, 0.15) is 6.04 Å². The summed E-state index contributed by atoms with van der Waals surface area (Å²) in [6.07, 6.45) is 2.17. The van der Waals surface area contributed by atoms with Crippen LogP contribution in [-0.4, -0.2) is 22.1 Å². The number of benzene rings is 1. The Balaban J connectivity index is 0.000000771. The molecular formula is C14H20N2O2. The Labute approximate surface area is 107 Å². The van der Waals surface area contributed by atoms with Gasteiger partial charge in [-0.25, -0.2) is 0 Å². The molecule has 0 aliphatic carbocycles. The van der Waals surface area contributed by atoms with E-state index in [0.29, 0.717) is 6.42 Å². The average molecular weight is 248 g/mol. The molecule has 0 spiro atoms. The molecule has 0 amide bonds. The van der Waals surface area contributed by atoms with E-state index in [1.807, 2.05) is 45.2 Å². The standard InChI is InChI=1S/C12H14N2O2.C2H6/c1-7-2-3-11-9(4-7)8(6-14-11)5-10(13)12(15)16;1-2/h2-4,6,10,14H,5,13H2,1H3,(H,15,16);1-2H3. The lowest BCUT2D eigenvalue weighted by molar-refractivity contribution is -0.138. The number of aromatic amines is 1. The van der Waals surface area contributed by atoms with E-state index in [1.54, 1.807) is 0 Å². The van der Waals surface area contributed by atoms with Gasteiger partial charge in [-0.05, 0) is 24.6 Å². The van der Waals surface area contributed by atoms with Crippen molar-refractivity contribution in [3.05, 3.63) is 35.5 Å². The highest BCUT2D eigenvalue weighted by atomic mass is 16.4. The highest BCUT2D eigenvalue weighted by Gasteiger charge is 2.14. The first-order chi connectivity index (χ1) is 8.58. The van der Waals surface area contributed by atoms with Gasteiger partial charge in [0.25, 0.3) is 0 Å². The Morgan fingerprint density at radius 3 is 2.72 bits per heavy atom. The molecule has 4 heteroatoms. The summed E-state index contributed by atoms with van der Waals surface area (Å²) < 4.78 is 0. The second kappa shape index (κ2) is 6.21. The number of carbonyl (C=O) groups is 1. The minimum absolute atomic E-state index is 0.346. The second-order valence-corrected chi connectivity index (χ2v) is 4.01. The van der Waals surface area contributed by atoms with Crippen molar-refractivity contribution in [2.24, 2.45) is 5.73 Å². The number of aromatic nitrogens is 1. The molecule has 0 fully saturated rings. The monoisotopic (exact) mass is 248 g/mol. The van der Waals surface area contributed by atoms with Crippen LogP contribution < -0.4 is 5.73 Å². The first-order valence-electron chi connectivity index (χ1n) is 6.13. The molecule has 1 atom stereocenters. The fourth-order valence-corrected chi connectivity index (χ4v) is 1.79. The van der Waals surface area contributed by atoms with Crippen molar-refractivity contribution >= 4 is 16.9 Å². The summed E-state index contributed by atoms with van der Waals surface area (Å²) >= 11 is 0. The maximum atomic E-state index is 10.7. The van der Waals surface area contributed by atoms with Crippen LogP contribution in [0.15, 0.2) is 24.4 Å². The van der Waals surface area contributed by atoms with Gasteiger partial charge in [-0.3, -0.25) is 4.79 Å². The molecule has 0 radical (unpaired) electrons. The summed E-state index contributed by atoms with van der Waals surface area (Å²) in [7, 11) is 0. The molecule has 4 nitrogen and oxygen atoms in total. The van der Waals surface area contributed by atoms with Crippen LogP contribution in [0.4, 0.5) is 0 Å². The summed E-state index contributed by atoms with van der Waals surface area (Å²) in [5.74, 6) is -0.970. The molecule has 4 N–H and O–H groups in total. The Morgan fingerprint density at radius 2 is 2.11 bits per heavy atom. The largest absolute Gasteiger partial charge is 0.480 e. The van der Waals surface area contributed by atoms with Crippen LogP contribution in [0.2, 0.25) is 0 Å². The van der Waals surface area contributed by atoms with Crippen molar-refractivity contribution in [2.75, 3.05) is 0 Å². The molecule has 0 aliphatic heterocycles. The molecule has 0 bridgehead atoms. The number of nitrogens with two attached hydrogens (primary N) is 1. The van der Waals surface area contributed by atoms with Crippen LogP contribution in [0.3, 0.4) is 0 Å². The zero-order chi connectivity index (χ0) is 13.7. The summed E-state index contributed by atoms with van der Waals surface area (Å²) in [6.45, 7) is 6.01. The van der Waals surface area contributed by atoms with Crippen molar-refractivity contribution in [1.82, 2.24) is 4.98 Å². The van der Waals surface area contributed by atoms with Crippen LogP contribution in [-0.2, 0) is 11.2 Å². The van der Waals surface area contributed by atoms with E-state index in [2.05, 4.69) is 4.98 Å². The van der Waals surface area contributed by atoms with Crippen molar-refractivity contribution in [3.8, 4) is 0 Å². The molecule has 1 unspecified atom stereocenters. The fraction of sp³-hybridized carbons (Fsp3) is 0.357. The molecule has 2 aromatic rings. The number of aryl methyl sites for hydroxylation is 1. The number of hydrogen-bond donors (Lipinski definition) is 3. The van der Waals surface area contributed by atoms with E-state index in [-0.39, 0.29) is 0 Å². The van der Waals surface area contributed by atoms with Crippen molar-refractivity contribution in [3.63, 3.8) is 0 Å². The van der Waals surface area contributed by atoms with Gasteiger partial charge in [-0.2, -0.15) is 0 Å². The van der Waals surface area contributed by atoms with Crippen LogP contribution in [0.1, 0.15) is 25.0 Å². The lowest BCUT2D eigenvalue weighted by Crippen LogP contribution is -2.32. The van der Waals surface area contributed by atoms with Crippen LogP contribution in [0.25, 0.3) is 10.9 Å². The Bertz CT molecular complexity index is 532. The van der Waals surface area contributed by atoms with Crippen LogP contribution in [0.5, 0.6) is 0 Å². The molecule has 1 heterocycles. The highest BCUT2D eigenvalue weighted by Crippen LogP contribution is 2.20. The first-order valence-corrected chi connectivity index (χ1v) is 6.13. The third-order valence-corrected chi connectivity index (χ3v) is 2.68. The van der Waals surface area contributed by atoms with Crippen molar-refractivity contribution in [1.29, 1.82) is 0 Å². The molecule has 98 valence electrons. The summed E-state index contributed by atoms with van der Waals surface area (Å²) in [5, 5.41) is 9.82. The molecule has 1 aromatic carbocycles. The Morgan fingerprint density at radius 1 is 1.44 bits per heavy atom. The Kier molecular flexibility index (Phi) is 4.92. The summed E-state index contributed by atoms with van der Waals surface area (Å²) in [6, 6.07) is 5.19. The topological polar surface area (TPSA) is 79.1 Å². The summed E-state index contributed by atoms with van der Waals surface area (Å²) in [5.41, 5.74) is 8.64. The maximum Gasteiger partial charge on any atom is 0.320 e. The molecular weight excluding hydrogens is 228 g/mol. The van der Waals surface area contributed by atoms with Gasteiger partial charge in [-0.15, -0.1) is 0 Å². The predicted molar refractivity (Wildman–Crippen MR) is 73.7 cm³/mol. The smallest absolute Gasteiger partial charge is 0.320 e. The van der Waals surface area contributed by atoms with E-state index >= 15 is 0 Å². The fourth-order valence-electron chi connectivity index (χ4n) is 1.79.